The Balaban J connectivity index is 2.28. The van der Waals surface area contributed by atoms with Gasteiger partial charge in [0.25, 0.3) is 0 Å². The molecule has 16 heavy (non-hydrogen) atoms. The topological polar surface area (TPSA) is 54.5 Å². The van der Waals surface area contributed by atoms with Gasteiger partial charge < -0.3 is 0 Å². The lowest BCUT2D eigenvalue weighted by Crippen LogP contribution is -1.98. The summed E-state index contributed by atoms with van der Waals surface area (Å²) in [6, 6.07) is 11.9. The normalized spacial score (nSPS) is 10.0. The summed E-state index contributed by atoms with van der Waals surface area (Å²) in [6.45, 7) is 1.92. The van der Waals surface area contributed by atoms with Crippen LogP contribution in [0.15, 0.2) is 30.3 Å². The van der Waals surface area contributed by atoms with Crippen LogP contribution in [0.4, 0.5) is 0 Å². The van der Waals surface area contributed by atoms with Gasteiger partial charge in [0.2, 0.25) is 0 Å². The van der Waals surface area contributed by atoms with Crippen molar-refractivity contribution in [2.75, 3.05) is 0 Å². The zero-order valence-corrected chi connectivity index (χ0v) is 9.09. The van der Waals surface area contributed by atoms with Crippen LogP contribution in [0.1, 0.15) is 17.8 Å². The van der Waals surface area contributed by atoms with Gasteiger partial charge in [0, 0.05) is 12.8 Å². The first-order valence-corrected chi connectivity index (χ1v) is 5.16. The van der Waals surface area contributed by atoms with Crippen LogP contribution in [0, 0.1) is 18.3 Å². The lowest BCUT2D eigenvalue weighted by molar-refractivity contribution is 0.733. The van der Waals surface area contributed by atoms with E-state index in [9.17, 15) is 0 Å². The Morgan fingerprint density at radius 3 is 2.69 bits per heavy atom. The monoisotopic (exact) mass is 212 g/mol. The molecule has 1 heterocycles. The van der Waals surface area contributed by atoms with Gasteiger partial charge in [-0.1, -0.05) is 18.2 Å². The molecular weight excluding hydrogens is 200 g/mol. The fraction of sp³-hybridized carbons (Fsp3) is 0.250. The molecule has 0 aliphatic heterocycles. The predicted molar refractivity (Wildman–Crippen MR) is 60.0 cm³/mol. The summed E-state index contributed by atoms with van der Waals surface area (Å²) in [5.74, 6) is 0. The Kier molecular flexibility index (Phi) is 2.97. The highest BCUT2D eigenvalue weighted by Gasteiger charge is 2.07. The fourth-order valence-electron chi connectivity index (χ4n) is 1.49. The molecule has 2 rings (SSSR count). The molecule has 0 aliphatic carbocycles. The molecule has 1 aromatic carbocycles. The number of aryl methyl sites for hydroxylation is 2. The van der Waals surface area contributed by atoms with Crippen molar-refractivity contribution >= 4 is 0 Å². The van der Waals surface area contributed by atoms with E-state index in [1.54, 1.807) is 4.80 Å². The van der Waals surface area contributed by atoms with E-state index in [1.807, 2.05) is 37.3 Å². The molecule has 4 heteroatoms. The molecule has 0 aliphatic rings. The highest BCUT2D eigenvalue weighted by atomic mass is 15.5. The molecule has 0 N–H and O–H groups in total. The van der Waals surface area contributed by atoms with Crippen molar-refractivity contribution in [3.05, 3.63) is 41.7 Å². The van der Waals surface area contributed by atoms with Gasteiger partial charge in [-0.15, -0.1) is 0 Å². The van der Waals surface area contributed by atoms with Gasteiger partial charge in [0.1, 0.15) is 0 Å². The van der Waals surface area contributed by atoms with E-state index in [-0.39, 0.29) is 0 Å². The summed E-state index contributed by atoms with van der Waals surface area (Å²) in [7, 11) is 0. The minimum absolute atomic E-state index is 0.480. The molecule has 2 aromatic rings. The molecule has 4 nitrogen and oxygen atoms in total. The lowest BCUT2D eigenvalue weighted by atomic mass is 10.2. The van der Waals surface area contributed by atoms with Crippen LogP contribution in [-0.4, -0.2) is 15.0 Å². The Bertz CT molecular complexity index is 508. The van der Waals surface area contributed by atoms with Crippen molar-refractivity contribution < 1.29 is 0 Å². The fourth-order valence-corrected chi connectivity index (χ4v) is 1.49. The lowest BCUT2D eigenvalue weighted by Gasteiger charge is -1.96. The first-order chi connectivity index (χ1) is 7.81. The Hall–Kier alpha value is -2.15. The van der Waals surface area contributed by atoms with E-state index in [2.05, 4.69) is 16.3 Å². The second-order valence-corrected chi connectivity index (χ2v) is 3.52. The van der Waals surface area contributed by atoms with Crippen LogP contribution >= 0.6 is 0 Å². The summed E-state index contributed by atoms with van der Waals surface area (Å²) in [5.41, 5.74) is 2.72. The van der Waals surface area contributed by atoms with E-state index >= 15 is 0 Å². The van der Waals surface area contributed by atoms with Gasteiger partial charge in [-0.3, -0.25) is 0 Å². The van der Waals surface area contributed by atoms with Crippen LogP contribution < -0.4 is 0 Å². The average Bonchev–Trinajstić information content (AvgIpc) is 2.69. The van der Waals surface area contributed by atoms with Gasteiger partial charge in [-0.25, -0.2) is 0 Å². The number of benzene rings is 1. The van der Waals surface area contributed by atoms with E-state index < -0.39 is 0 Å². The van der Waals surface area contributed by atoms with Crippen LogP contribution in [0.5, 0.6) is 0 Å². The van der Waals surface area contributed by atoms with Crippen LogP contribution in [-0.2, 0) is 6.42 Å². The Morgan fingerprint density at radius 2 is 2.00 bits per heavy atom. The summed E-state index contributed by atoms with van der Waals surface area (Å²) in [6.07, 6.45) is 1.14. The highest BCUT2D eigenvalue weighted by Crippen LogP contribution is 2.09. The number of hydrogen-bond acceptors (Lipinski definition) is 3. The van der Waals surface area contributed by atoms with Crippen molar-refractivity contribution in [1.82, 2.24) is 15.0 Å². The molecule has 0 spiro atoms. The third-order valence-corrected chi connectivity index (χ3v) is 2.34. The maximum atomic E-state index is 8.54. The maximum Gasteiger partial charge on any atom is 0.0871 e. The van der Waals surface area contributed by atoms with Gasteiger partial charge in [-0.2, -0.15) is 20.3 Å². The van der Waals surface area contributed by atoms with Crippen LogP contribution in [0.25, 0.3) is 5.69 Å². The standard InChI is InChI=1S/C12H12N4/c1-10-12(8-5-9-13)15-16(14-10)11-6-3-2-4-7-11/h2-4,6-7H,5,8H2,1H3. The quantitative estimate of drug-likeness (QED) is 0.782. The third-order valence-electron chi connectivity index (χ3n) is 2.34. The minimum atomic E-state index is 0.480. The average molecular weight is 212 g/mol. The van der Waals surface area contributed by atoms with E-state index in [0.29, 0.717) is 12.8 Å². The van der Waals surface area contributed by atoms with Crippen molar-refractivity contribution in [2.45, 2.75) is 19.8 Å². The Morgan fingerprint density at radius 1 is 1.25 bits per heavy atom. The molecule has 80 valence electrons. The molecule has 0 fully saturated rings. The second kappa shape index (κ2) is 4.58. The van der Waals surface area contributed by atoms with Crippen molar-refractivity contribution in [1.29, 1.82) is 5.26 Å². The van der Waals surface area contributed by atoms with Crippen LogP contribution in [0.2, 0.25) is 0 Å². The minimum Gasteiger partial charge on any atom is -0.198 e. The number of aromatic nitrogens is 3. The second-order valence-electron chi connectivity index (χ2n) is 3.52. The smallest absolute Gasteiger partial charge is 0.0871 e. The summed E-state index contributed by atoms with van der Waals surface area (Å²) in [5, 5.41) is 17.2. The molecule has 0 atom stereocenters. The summed E-state index contributed by atoms with van der Waals surface area (Å²) >= 11 is 0. The zero-order chi connectivity index (χ0) is 11.4. The highest BCUT2D eigenvalue weighted by molar-refractivity contribution is 5.29. The van der Waals surface area contributed by atoms with E-state index in [4.69, 9.17) is 5.26 Å². The predicted octanol–water partition coefficient (Wildman–Crippen LogP) is 2.03. The number of para-hydroxylation sites is 1. The number of nitrogens with zero attached hydrogens (tertiary/aromatic N) is 4. The first-order valence-electron chi connectivity index (χ1n) is 5.16. The molecule has 0 saturated carbocycles. The third kappa shape index (κ3) is 2.09. The van der Waals surface area contributed by atoms with Gasteiger partial charge in [-0.05, 0) is 19.1 Å². The van der Waals surface area contributed by atoms with Crippen molar-refractivity contribution in [2.24, 2.45) is 0 Å². The summed E-state index contributed by atoms with van der Waals surface area (Å²) < 4.78 is 0. The van der Waals surface area contributed by atoms with Gasteiger partial charge in [0.05, 0.1) is 23.1 Å². The van der Waals surface area contributed by atoms with Gasteiger partial charge in [0.15, 0.2) is 0 Å². The summed E-state index contributed by atoms with van der Waals surface area (Å²) in [4.78, 5) is 1.61. The molecule has 0 radical (unpaired) electrons. The molecule has 0 bridgehead atoms. The van der Waals surface area contributed by atoms with E-state index in [0.717, 1.165) is 17.1 Å². The maximum absolute atomic E-state index is 8.54. The van der Waals surface area contributed by atoms with Crippen LogP contribution in [0.3, 0.4) is 0 Å². The SMILES string of the molecule is Cc1nn(-c2ccccc2)nc1CCC#N. The molecule has 0 amide bonds. The molecular formula is C12H12N4. The largest absolute Gasteiger partial charge is 0.198 e. The molecule has 0 unspecified atom stereocenters. The van der Waals surface area contributed by atoms with Crippen molar-refractivity contribution in [3.8, 4) is 11.8 Å². The first kappa shape index (κ1) is 10.4. The molecule has 1 aromatic heterocycles. The number of rotatable bonds is 3. The molecule has 0 saturated heterocycles. The number of nitriles is 1. The van der Waals surface area contributed by atoms with Crippen molar-refractivity contribution in [3.63, 3.8) is 0 Å². The zero-order valence-electron chi connectivity index (χ0n) is 9.09. The van der Waals surface area contributed by atoms with Gasteiger partial charge >= 0.3 is 0 Å². The number of hydrogen-bond donors (Lipinski definition) is 0. The Labute approximate surface area is 94.1 Å². The van der Waals surface area contributed by atoms with E-state index in [1.165, 1.54) is 0 Å².